The quantitative estimate of drug-likeness (QED) is 0.0206. The summed E-state index contributed by atoms with van der Waals surface area (Å²) in [5.74, 6) is -3.71. The number of nitrogens with zero attached hydrogens (tertiary/aromatic N) is 3. The summed E-state index contributed by atoms with van der Waals surface area (Å²) in [4.78, 5) is 67.3. The van der Waals surface area contributed by atoms with E-state index in [9.17, 15) is 57.9 Å². The first-order valence-corrected chi connectivity index (χ1v) is 26.8. The maximum Gasteiger partial charge on any atom is 0.335 e. The van der Waals surface area contributed by atoms with Gasteiger partial charge >= 0.3 is 16.3 Å². The molecule has 1 aromatic heterocycles. The van der Waals surface area contributed by atoms with Crippen LogP contribution in [-0.2, 0) is 70.4 Å². The molecule has 10 N–H and O–H groups in total. The average Bonchev–Trinajstić information content (AvgIpc) is 4.24. The molecule has 0 bridgehead atoms. The molecular weight excluding hydrogens is 1040 g/mol. The van der Waals surface area contributed by atoms with Crippen LogP contribution in [-0.4, -0.2) is 170 Å². The van der Waals surface area contributed by atoms with Crippen LogP contribution in [0.4, 0.5) is 11.5 Å². The van der Waals surface area contributed by atoms with E-state index >= 15 is 0 Å². The Morgan fingerprint density at radius 3 is 2.32 bits per heavy atom. The number of hydrogen-bond acceptors (Lipinski definition) is 19. The van der Waals surface area contributed by atoms with Crippen LogP contribution in [0.5, 0.6) is 5.75 Å². The number of carboxylic acids is 1. The highest BCUT2D eigenvalue weighted by Crippen LogP contribution is 2.46. The number of hydrogen-bond donors (Lipinski definition) is 9. The van der Waals surface area contributed by atoms with Gasteiger partial charge in [-0.05, 0) is 71.5 Å². The fourth-order valence-electron chi connectivity index (χ4n) is 10.1. The number of carbonyl (C=O) groups excluding carboxylic acids is 4. The number of aryl methyl sites for hydroxylation is 1. The van der Waals surface area contributed by atoms with Gasteiger partial charge in [-0.1, -0.05) is 36.4 Å². The number of aliphatic hydroxyl groups excluding tert-OH is 4. The predicted octanol–water partition coefficient (Wildman–Crippen LogP) is -0.235. The first-order valence-electron chi connectivity index (χ1n) is 25.3. The van der Waals surface area contributed by atoms with Gasteiger partial charge in [-0.2, -0.15) is 8.42 Å². The number of anilines is 2. The zero-order chi connectivity index (χ0) is 54.8. The average molecular weight is 1110 g/mol. The van der Waals surface area contributed by atoms with Crippen molar-refractivity contribution in [2.45, 2.75) is 93.8 Å². The van der Waals surface area contributed by atoms with Crippen molar-refractivity contribution in [1.82, 2.24) is 15.2 Å². The fraction of sp³-hybridized carbons (Fsp3) is 0.500. The van der Waals surface area contributed by atoms with Crippen molar-refractivity contribution < 1.29 is 90.4 Å². The first-order chi connectivity index (χ1) is 36.9. The van der Waals surface area contributed by atoms with Crippen LogP contribution in [0.25, 0.3) is 6.08 Å². The fourth-order valence-corrected chi connectivity index (χ4v) is 10.5. The van der Waals surface area contributed by atoms with Crippen LogP contribution in [0.3, 0.4) is 0 Å². The molecule has 0 spiro atoms. The second-order valence-electron chi connectivity index (χ2n) is 19.3. The first kappa shape index (κ1) is 59.4. The van der Waals surface area contributed by atoms with Crippen LogP contribution < -0.4 is 30.4 Å². The molecule has 26 heteroatoms. The number of nitrogens with two attached hydrogens (primary N) is 1. The van der Waals surface area contributed by atoms with Crippen molar-refractivity contribution in [3.63, 3.8) is 0 Å². The minimum atomic E-state index is -4.24. The molecule has 1 unspecified atom stereocenters. The molecule has 424 valence electrons. The number of imide groups is 1. The molecule has 1 saturated carbocycles. The molecule has 3 aliphatic carbocycles. The number of benzene rings is 2. The lowest BCUT2D eigenvalue weighted by molar-refractivity contribution is -0.699. The van der Waals surface area contributed by atoms with E-state index in [1.807, 2.05) is 28.9 Å². The minimum Gasteiger partial charge on any atom is -0.479 e. The van der Waals surface area contributed by atoms with Gasteiger partial charge in [-0.25, -0.2) is 14.5 Å². The Bertz CT molecular complexity index is 2800. The lowest BCUT2D eigenvalue weighted by atomic mass is 9.88. The molecule has 8 rings (SSSR count). The van der Waals surface area contributed by atoms with Gasteiger partial charge < -0.3 is 72.6 Å². The second-order valence-corrected chi connectivity index (χ2v) is 20.5. The van der Waals surface area contributed by atoms with Crippen molar-refractivity contribution >= 4 is 57.5 Å². The van der Waals surface area contributed by atoms with Gasteiger partial charge in [-0.15, -0.1) is 0 Å². The molecule has 3 heterocycles. The number of amides is 4. The monoisotopic (exact) mass is 1110 g/mol. The molecule has 78 heavy (non-hydrogen) atoms. The van der Waals surface area contributed by atoms with Gasteiger partial charge in [0.1, 0.15) is 36.3 Å². The lowest BCUT2D eigenvalue weighted by Crippen LogP contribution is -2.61. The molecular formula is C52H67N7O18S. The Hall–Kier alpha value is -6.30. The maximum atomic E-state index is 13.6. The van der Waals surface area contributed by atoms with Crippen molar-refractivity contribution in [2.24, 2.45) is 17.0 Å². The van der Waals surface area contributed by atoms with E-state index in [0.717, 1.165) is 29.0 Å². The van der Waals surface area contributed by atoms with Crippen molar-refractivity contribution in [1.29, 1.82) is 0 Å². The molecule has 10 atom stereocenters. The van der Waals surface area contributed by atoms with Crippen LogP contribution in [0, 0.1) is 19.3 Å². The number of aliphatic hydroxyl groups is 4. The van der Waals surface area contributed by atoms with Crippen LogP contribution in [0.15, 0.2) is 67.0 Å². The van der Waals surface area contributed by atoms with Crippen molar-refractivity contribution in [2.75, 3.05) is 70.0 Å². The summed E-state index contributed by atoms with van der Waals surface area (Å²) in [7, 11) is -4.24. The van der Waals surface area contributed by atoms with Crippen molar-refractivity contribution in [3.05, 3.63) is 102 Å². The number of nitrogens with one attached hydrogen (secondary N) is 3. The Labute approximate surface area is 450 Å². The topological polar surface area (TPSA) is 358 Å². The van der Waals surface area contributed by atoms with Gasteiger partial charge in [0.05, 0.1) is 76.2 Å². The third-order valence-corrected chi connectivity index (χ3v) is 14.5. The maximum absolute atomic E-state index is 13.6. The summed E-state index contributed by atoms with van der Waals surface area (Å²) >= 11 is 0. The van der Waals surface area contributed by atoms with Gasteiger partial charge in [0.2, 0.25) is 18.1 Å². The number of aliphatic carboxylic acids is 1. The molecule has 2 fully saturated rings. The van der Waals surface area contributed by atoms with E-state index in [-0.39, 0.29) is 133 Å². The number of carbonyl (C=O) groups is 5. The van der Waals surface area contributed by atoms with Crippen molar-refractivity contribution in [3.8, 4) is 5.75 Å². The van der Waals surface area contributed by atoms with Crippen LogP contribution >= 0.6 is 0 Å². The molecule has 4 amide bonds. The van der Waals surface area contributed by atoms with E-state index < -0.39 is 64.9 Å². The van der Waals surface area contributed by atoms with Gasteiger partial charge in [0.15, 0.2) is 6.10 Å². The molecule has 25 nitrogen and oxygen atoms in total. The highest BCUT2D eigenvalue weighted by molar-refractivity contribution is 7.84. The number of aromatic nitrogens is 2. The standard InChI is InChI=1S/C51H63N7O18S.CH3/c52-77(69,70)74-27-32-24-31(25-38(32)59)34-7-8-35-44(34)57(28-54-49(35)56-36-9-6-30-3-1-2-4-33(30)36)26-29-5-10-39(75-51-47(66)45(64)46(65)48(76-51)50(67)68)37(23-29)55-41(61)13-15-53-40(60)14-17-71-19-21-73-22-20-72-18-16-58-42(62)11-12-43(58)63;/h1-5,7-8,10-12,23,28,31-32,34,36,38,45-48,51,59,64-66H,6,9,13-22,24-27H2,(H5,52,53,55,60,61,67,68,69,70);1H3/q;-1/p+1/t31-,32+,34?,36+,38+,45-,46-,47+,48-,51+;/m0./s1. The van der Waals surface area contributed by atoms with E-state index in [1.165, 1.54) is 29.3 Å². The highest BCUT2D eigenvalue weighted by Gasteiger charge is 2.48. The second kappa shape index (κ2) is 27.0. The Morgan fingerprint density at radius 2 is 1.59 bits per heavy atom. The minimum absolute atomic E-state index is 0. The zero-order valence-electron chi connectivity index (χ0n) is 42.9. The summed E-state index contributed by atoms with van der Waals surface area (Å²) in [5, 5.41) is 66.6. The van der Waals surface area contributed by atoms with E-state index in [4.69, 9.17) is 38.0 Å². The van der Waals surface area contributed by atoms with E-state index in [0.29, 0.717) is 24.2 Å². The number of carboxylic acid groups (broad SMARTS) is 1. The Kier molecular flexibility index (Phi) is 20.6. The SMILES string of the molecule is NS(=O)(=O)OC[C@H]1C[C@H](C2C=Cc3c(N[C@@H]4CCc5ccccc54)nc[n+](Cc4ccc(O[C@@H]5O[C@H](C(=O)O)[C@@H](O)[C@H](O)[C@H]5O)c(NC(=O)CCNC(=O)CCOCCOCCOCCN5C(=O)C=CC5=O)c4)c32)C[C@H]1O.[CH3-]. The Morgan fingerprint density at radius 1 is 0.872 bits per heavy atom. The van der Waals surface area contributed by atoms with Crippen LogP contribution in [0.2, 0.25) is 0 Å². The smallest absolute Gasteiger partial charge is 0.335 e. The highest BCUT2D eigenvalue weighted by atomic mass is 32.2. The third kappa shape index (κ3) is 15.1. The third-order valence-electron chi connectivity index (χ3n) is 14.0. The normalized spacial score (nSPS) is 25.2. The molecule has 1 saturated heterocycles. The summed E-state index contributed by atoms with van der Waals surface area (Å²) in [5.41, 5.74) is 4.75. The van der Waals surface area contributed by atoms with Crippen LogP contribution in [0.1, 0.15) is 72.0 Å². The molecule has 0 radical (unpaired) electrons. The summed E-state index contributed by atoms with van der Waals surface area (Å²) in [6.45, 7) is 1.10. The van der Waals surface area contributed by atoms with Gasteiger partial charge in [0, 0.05) is 43.4 Å². The van der Waals surface area contributed by atoms with Gasteiger partial charge in [0.25, 0.3) is 24.0 Å². The lowest BCUT2D eigenvalue weighted by Gasteiger charge is -2.38. The number of rotatable bonds is 27. The van der Waals surface area contributed by atoms with E-state index in [1.54, 1.807) is 18.5 Å². The molecule has 3 aromatic rings. The number of ether oxygens (including phenoxy) is 5. The molecule has 5 aliphatic rings. The summed E-state index contributed by atoms with van der Waals surface area (Å²) in [6, 6.07) is 12.9. The Balaban J connectivity index is 0.00000882. The molecule has 2 aromatic carbocycles. The predicted molar refractivity (Wildman–Crippen MR) is 275 cm³/mol. The summed E-state index contributed by atoms with van der Waals surface area (Å²) < 4.78 is 57.8. The summed E-state index contributed by atoms with van der Waals surface area (Å²) in [6.07, 6.45) is -0.0669. The van der Waals surface area contributed by atoms with E-state index in [2.05, 4.69) is 28.1 Å². The largest absolute Gasteiger partial charge is 0.479 e. The van der Waals surface area contributed by atoms with Gasteiger partial charge in [-0.3, -0.25) is 28.3 Å². The number of allylic oxidation sites excluding steroid dienone is 1. The molecule has 2 aliphatic heterocycles. The zero-order valence-corrected chi connectivity index (χ0v) is 43.7. The number of fused-ring (bicyclic) bond motifs is 2.